The number of nitrogens with zero attached hydrogens (tertiary/aromatic N) is 3. The van der Waals surface area contributed by atoms with Gasteiger partial charge in [0.15, 0.2) is 0 Å². The van der Waals surface area contributed by atoms with E-state index in [-0.39, 0.29) is 22.8 Å². The van der Waals surface area contributed by atoms with Crippen LogP contribution in [0.4, 0.5) is 13.2 Å². The molecule has 6 nitrogen and oxygen atoms in total. The maximum atomic E-state index is 14.0. The minimum absolute atomic E-state index is 0.0335. The number of hydrogen-bond acceptors (Lipinski definition) is 5. The normalized spacial score (nSPS) is 12.6. The summed E-state index contributed by atoms with van der Waals surface area (Å²) >= 11 is 0. The zero-order valence-electron chi connectivity index (χ0n) is 19.9. The Labute approximate surface area is 206 Å². The van der Waals surface area contributed by atoms with E-state index in [0.29, 0.717) is 17.7 Å². The summed E-state index contributed by atoms with van der Waals surface area (Å²) < 4.78 is 47.3. The number of carboxylic acids is 1. The molecule has 0 saturated heterocycles. The number of aromatic nitrogens is 2. The number of benzene rings is 3. The Morgan fingerprint density at radius 2 is 1.78 bits per heavy atom. The fourth-order valence-electron chi connectivity index (χ4n) is 3.90. The Morgan fingerprint density at radius 1 is 1.03 bits per heavy atom. The molecule has 3 aromatic carbocycles. The monoisotopic (exact) mass is 495 g/mol. The Balaban J connectivity index is 1.65. The van der Waals surface area contributed by atoms with Crippen LogP contribution in [-0.4, -0.2) is 39.2 Å². The van der Waals surface area contributed by atoms with Crippen LogP contribution in [0.2, 0.25) is 0 Å². The lowest BCUT2D eigenvalue weighted by atomic mass is 9.94. The third-order valence-corrected chi connectivity index (χ3v) is 6.07. The van der Waals surface area contributed by atoms with Gasteiger partial charge in [0.2, 0.25) is 5.82 Å². The van der Waals surface area contributed by atoms with Crippen molar-refractivity contribution in [2.75, 3.05) is 7.05 Å². The summed E-state index contributed by atoms with van der Waals surface area (Å²) in [5.74, 6) is -0.741. The van der Waals surface area contributed by atoms with Gasteiger partial charge in [-0.3, -0.25) is 9.69 Å². The number of rotatable bonds is 7. The summed E-state index contributed by atoms with van der Waals surface area (Å²) in [4.78, 5) is 17.2. The molecule has 1 aromatic heterocycles. The summed E-state index contributed by atoms with van der Waals surface area (Å²) in [6, 6.07) is 17.4. The largest absolute Gasteiger partial charge is 0.480 e. The lowest BCUT2D eigenvalue weighted by Crippen LogP contribution is -2.35. The fraction of sp³-hybridized carbons (Fsp3) is 0.222. The predicted molar refractivity (Wildman–Crippen MR) is 129 cm³/mol. The van der Waals surface area contributed by atoms with Gasteiger partial charge in [-0.1, -0.05) is 53.7 Å². The molecular weight excluding hydrogens is 471 g/mol. The smallest absolute Gasteiger partial charge is 0.417 e. The molecule has 1 unspecified atom stereocenters. The average Bonchev–Trinajstić information content (AvgIpc) is 3.33. The molecule has 36 heavy (non-hydrogen) atoms. The van der Waals surface area contributed by atoms with Crippen molar-refractivity contribution in [1.82, 2.24) is 15.0 Å². The van der Waals surface area contributed by atoms with E-state index in [1.165, 1.54) is 12.1 Å². The molecule has 0 spiro atoms. The van der Waals surface area contributed by atoms with E-state index >= 15 is 0 Å². The molecule has 4 rings (SSSR count). The highest BCUT2D eigenvalue weighted by Crippen LogP contribution is 2.40. The third kappa shape index (κ3) is 5.31. The molecule has 0 radical (unpaired) electrons. The molecule has 0 aliphatic carbocycles. The van der Waals surface area contributed by atoms with E-state index in [0.717, 1.165) is 17.2 Å². The minimum Gasteiger partial charge on any atom is -0.480 e. The van der Waals surface area contributed by atoms with Crippen LogP contribution in [-0.2, 0) is 17.5 Å². The number of hydrogen-bond donors (Lipinski definition) is 1. The van der Waals surface area contributed by atoms with Crippen molar-refractivity contribution < 1.29 is 27.6 Å². The topological polar surface area (TPSA) is 79.5 Å². The predicted octanol–water partition coefficient (Wildman–Crippen LogP) is 6.30. The summed E-state index contributed by atoms with van der Waals surface area (Å²) in [6.45, 7) is 3.74. The summed E-state index contributed by atoms with van der Waals surface area (Å²) in [6.07, 6.45) is -4.58. The second-order valence-corrected chi connectivity index (χ2v) is 8.63. The molecule has 1 atom stereocenters. The van der Waals surface area contributed by atoms with Crippen LogP contribution in [0.3, 0.4) is 0 Å². The first-order chi connectivity index (χ1) is 17.0. The van der Waals surface area contributed by atoms with Crippen molar-refractivity contribution in [3.05, 3.63) is 83.4 Å². The van der Waals surface area contributed by atoms with Crippen LogP contribution in [0.5, 0.6) is 0 Å². The first-order valence-corrected chi connectivity index (χ1v) is 11.2. The van der Waals surface area contributed by atoms with Crippen LogP contribution in [0, 0.1) is 6.92 Å². The van der Waals surface area contributed by atoms with E-state index in [1.54, 1.807) is 68.3 Å². The molecule has 186 valence electrons. The molecule has 0 bridgehead atoms. The van der Waals surface area contributed by atoms with E-state index in [9.17, 15) is 23.1 Å². The second-order valence-electron chi connectivity index (χ2n) is 8.63. The van der Waals surface area contributed by atoms with Gasteiger partial charge in [0.25, 0.3) is 5.89 Å². The summed E-state index contributed by atoms with van der Waals surface area (Å²) in [5, 5.41) is 13.2. The van der Waals surface area contributed by atoms with Crippen LogP contribution >= 0.6 is 0 Å². The number of alkyl halides is 3. The molecular formula is C27H24F3N3O3. The number of likely N-dealkylation sites (N-methyl/N-ethyl adjacent to an activating group) is 1. The molecule has 1 heterocycles. The van der Waals surface area contributed by atoms with Gasteiger partial charge >= 0.3 is 12.1 Å². The van der Waals surface area contributed by atoms with Crippen molar-refractivity contribution in [1.29, 1.82) is 0 Å². The number of aryl methyl sites for hydroxylation is 1. The van der Waals surface area contributed by atoms with Gasteiger partial charge in [-0.25, -0.2) is 0 Å². The van der Waals surface area contributed by atoms with Crippen LogP contribution in [0.25, 0.3) is 34.0 Å². The van der Waals surface area contributed by atoms with E-state index in [2.05, 4.69) is 10.1 Å². The van der Waals surface area contributed by atoms with Crippen molar-refractivity contribution in [2.24, 2.45) is 0 Å². The van der Waals surface area contributed by atoms with E-state index < -0.39 is 23.8 Å². The highest BCUT2D eigenvalue weighted by Gasteiger charge is 2.34. The Hall–Kier alpha value is -3.98. The fourth-order valence-corrected chi connectivity index (χ4v) is 3.90. The van der Waals surface area contributed by atoms with Gasteiger partial charge in [0, 0.05) is 17.7 Å². The molecule has 0 aliphatic heterocycles. The highest BCUT2D eigenvalue weighted by molar-refractivity contribution is 5.75. The molecule has 0 aliphatic rings. The lowest BCUT2D eigenvalue weighted by molar-refractivity contribution is -0.142. The molecule has 9 heteroatoms. The molecule has 1 N–H and O–H groups in total. The number of halogens is 3. The maximum absolute atomic E-state index is 14.0. The quantitative estimate of drug-likeness (QED) is 0.324. The number of carboxylic acid groups (broad SMARTS) is 1. The van der Waals surface area contributed by atoms with Crippen molar-refractivity contribution >= 4 is 5.97 Å². The van der Waals surface area contributed by atoms with Crippen LogP contribution in [0.15, 0.2) is 71.3 Å². The van der Waals surface area contributed by atoms with Gasteiger partial charge in [-0.05, 0) is 61.3 Å². The first-order valence-electron chi connectivity index (χ1n) is 11.2. The first kappa shape index (κ1) is 25.1. The van der Waals surface area contributed by atoms with Gasteiger partial charge in [0.05, 0.1) is 5.56 Å². The summed E-state index contributed by atoms with van der Waals surface area (Å²) in [7, 11) is 1.71. The molecule has 4 aromatic rings. The van der Waals surface area contributed by atoms with Crippen molar-refractivity contribution in [2.45, 2.75) is 32.6 Å². The van der Waals surface area contributed by atoms with Crippen molar-refractivity contribution in [3.8, 4) is 34.0 Å². The van der Waals surface area contributed by atoms with Crippen molar-refractivity contribution in [3.63, 3.8) is 0 Å². The second kappa shape index (κ2) is 9.94. The Morgan fingerprint density at radius 3 is 2.47 bits per heavy atom. The Kier molecular flexibility index (Phi) is 6.94. The van der Waals surface area contributed by atoms with E-state index in [1.807, 2.05) is 6.07 Å². The molecule has 0 amide bonds. The third-order valence-electron chi connectivity index (χ3n) is 6.07. The van der Waals surface area contributed by atoms with Gasteiger partial charge in [-0.2, -0.15) is 18.2 Å². The standard InChI is InChI=1S/C27H24F3N3O3/c1-16-7-4-5-10-21(16)22-12-11-20(14-23(22)27(28,29)30)25-31-24(32-36-25)19-9-6-8-18(13-19)15-33(3)17(2)26(34)35/h4-14,17H,15H2,1-3H3,(H,34,35). The minimum atomic E-state index is -4.58. The summed E-state index contributed by atoms with van der Waals surface area (Å²) in [5.41, 5.74) is 2.12. The van der Waals surface area contributed by atoms with Crippen LogP contribution < -0.4 is 0 Å². The lowest BCUT2D eigenvalue weighted by Gasteiger charge is -2.21. The zero-order chi connectivity index (χ0) is 26.0. The maximum Gasteiger partial charge on any atom is 0.417 e. The molecule has 0 saturated carbocycles. The van der Waals surface area contributed by atoms with E-state index in [4.69, 9.17) is 4.52 Å². The average molecular weight is 496 g/mol. The number of carbonyl (C=O) groups is 1. The van der Waals surface area contributed by atoms with Crippen LogP contribution in [0.1, 0.15) is 23.6 Å². The number of aliphatic carboxylic acids is 1. The molecule has 0 fully saturated rings. The van der Waals surface area contributed by atoms with Gasteiger partial charge < -0.3 is 9.63 Å². The SMILES string of the molecule is Cc1ccccc1-c1ccc(-c2nc(-c3cccc(CN(C)C(C)C(=O)O)c3)no2)cc1C(F)(F)F. The highest BCUT2D eigenvalue weighted by atomic mass is 19.4. The van der Waals surface area contributed by atoms with Gasteiger partial charge in [0.1, 0.15) is 6.04 Å². The zero-order valence-corrected chi connectivity index (χ0v) is 19.9. The Bertz CT molecular complexity index is 1400. The van der Waals surface area contributed by atoms with Gasteiger partial charge in [-0.15, -0.1) is 0 Å².